The summed E-state index contributed by atoms with van der Waals surface area (Å²) < 4.78 is 30.1. The molecule has 2 aromatic carbocycles. The molecule has 0 radical (unpaired) electrons. The minimum atomic E-state index is -0.662. The predicted octanol–water partition coefficient (Wildman–Crippen LogP) is 3.31. The van der Waals surface area contributed by atoms with Gasteiger partial charge in [-0.3, -0.25) is 4.57 Å². The fourth-order valence-electron chi connectivity index (χ4n) is 3.73. The summed E-state index contributed by atoms with van der Waals surface area (Å²) >= 11 is 0. The van der Waals surface area contributed by atoms with E-state index in [9.17, 15) is 13.6 Å². The Labute approximate surface area is 173 Å². The maximum atomic E-state index is 13.5. The molecule has 29 heavy (non-hydrogen) atoms. The van der Waals surface area contributed by atoms with E-state index in [0.717, 1.165) is 43.4 Å². The first-order valence-corrected chi connectivity index (χ1v) is 9.47. The van der Waals surface area contributed by atoms with Crippen molar-refractivity contribution in [2.45, 2.75) is 31.8 Å². The van der Waals surface area contributed by atoms with Crippen molar-refractivity contribution in [2.24, 2.45) is 0 Å². The molecule has 1 aliphatic heterocycles. The minimum absolute atomic E-state index is 0. The SMILES string of the molecule is Cl.O=c1n(Cc2cc(F)cc(F)c2)nc(C2CCNCC2)n1Cc1ccccc1. The lowest BCUT2D eigenvalue weighted by Gasteiger charge is -2.22. The van der Waals surface area contributed by atoms with E-state index in [1.165, 1.54) is 16.8 Å². The van der Waals surface area contributed by atoms with E-state index in [1.807, 2.05) is 30.3 Å². The van der Waals surface area contributed by atoms with Crippen LogP contribution in [0.2, 0.25) is 0 Å². The summed E-state index contributed by atoms with van der Waals surface area (Å²) in [7, 11) is 0. The van der Waals surface area contributed by atoms with Crippen LogP contribution < -0.4 is 11.0 Å². The Morgan fingerprint density at radius 1 is 0.966 bits per heavy atom. The molecule has 0 atom stereocenters. The molecule has 3 aromatic rings. The van der Waals surface area contributed by atoms with Crippen LogP contribution in [0.25, 0.3) is 0 Å². The van der Waals surface area contributed by atoms with Crippen molar-refractivity contribution in [1.82, 2.24) is 19.7 Å². The number of nitrogens with zero attached hydrogens (tertiary/aromatic N) is 3. The Morgan fingerprint density at radius 3 is 2.28 bits per heavy atom. The summed E-state index contributed by atoms with van der Waals surface area (Å²) in [6, 6.07) is 13.0. The van der Waals surface area contributed by atoms with Gasteiger partial charge in [0.25, 0.3) is 0 Å². The molecule has 1 aliphatic rings. The zero-order valence-electron chi connectivity index (χ0n) is 15.9. The van der Waals surface area contributed by atoms with Crippen molar-refractivity contribution in [2.75, 3.05) is 13.1 Å². The second-order valence-corrected chi connectivity index (χ2v) is 7.17. The molecule has 0 amide bonds. The van der Waals surface area contributed by atoms with E-state index in [1.54, 1.807) is 4.57 Å². The van der Waals surface area contributed by atoms with Crippen LogP contribution in [-0.4, -0.2) is 27.4 Å². The Bertz CT molecular complexity index is 993. The van der Waals surface area contributed by atoms with Gasteiger partial charge in [0.1, 0.15) is 17.5 Å². The molecule has 1 saturated heterocycles. The largest absolute Gasteiger partial charge is 0.346 e. The number of rotatable bonds is 5. The topological polar surface area (TPSA) is 51.9 Å². The molecule has 0 spiro atoms. The van der Waals surface area contributed by atoms with Gasteiger partial charge in [0, 0.05) is 12.0 Å². The van der Waals surface area contributed by atoms with E-state index in [2.05, 4.69) is 10.4 Å². The van der Waals surface area contributed by atoms with Crippen molar-refractivity contribution in [3.05, 3.63) is 87.6 Å². The highest BCUT2D eigenvalue weighted by atomic mass is 35.5. The first-order chi connectivity index (χ1) is 13.6. The summed E-state index contributed by atoms with van der Waals surface area (Å²) in [5, 5.41) is 7.90. The zero-order chi connectivity index (χ0) is 19.5. The van der Waals surface area contributed by atoms with Crippen molar-refractivity contribution in [3.63, 3.8) is 0 Å². The van der Waals surface area contributed by atoms with Gasteiger partial charge in [-0.2, -0.15) is 5.10 Å². The van der Waals surface area contributed by atoms with Gasteiger partial charge >= 0.3 is 5.69 Å². The number of hydrogen-bond acceptors (Lipinski definition) is 3. The maximum absolute atomic E-state index is 13.5. The molecule has 1 fully saturated rings. The third-order valence-corrected chi connectivity index (χ3v) is 5.09. The van der Waals surface area contributed by atoms with Crippen LogP contribution in [0, 0.1) is 11.6 Å². The molecule has 4 rings (SSSR count). The monoisotopic (exact) mass is 420 g/mol. The molecule has 1 N–H and O–H groups in total. The molecule has 0 bridgehead atoms. The van der Waals surface area contributed by atoms with Crippen molar-refractivity contribution < 1.29 is 8.78 Å². The van der Waals surface area contributed by atoms with Crippen molar-refractivity contribution in [1.29, 1.82) is 0 Å². The summed E-state index contributed by atoms with van der Waals surface area (Å²) in [5.41, 5.74) is 1.12. The number of benzene rings is 2. The molecular weight excluding hydrogens is 398 g/mol. The summed E-state index contributed by atoms with van der Waals surface area (Å²) in [4.78, 5) is 13.1. The van der Waals surface area contributed by atoms with Gasteiger partial charge in [-0.15, -0.1) is 12.4 Å². The van der Waals surface area contributed by atoms with Gasteiger partial charge < -0.3 is 5.32 Å². The molecular formula is C21H23ClF2N4O. The van der Waals surface area contributed by atoms with E-state index < -0.39 is 11.6 Å². The highest BCUT2D eigenvalue weighted by molar-refractivity contribution is 5.85. The van der Waals surface area contributed by atoms with E-state index in [0.29, 0.717) is 12.1 Å². The Balaban J connectivity index is 0.00000240. The standard InChI is InChI=1S/C21H22F2N4O.ClH/c22-18-10-16(11-19(23)12-18)14-27-21(28)26(13-15-4-2-1-3-5-15)20(25-27)17-6-8-24-9-7-17;/h1-5,10-12,17,24H,6-9,13-14H2;1H. The maximum Gasteiger partial charge on any atom is 0.346 e. The first-order valence-electron chi connectivity index (χ1n) is 9.47. The fourth-order valence-corrected chi connectivity index (χ4v) is 3.73. The van der Waals surface area contributed by atoms with Crippen molar-refractivity contribution in [3.8, 4) is 0 Å². The highest BCUT2D eigenvalue weighted by Crippen LogP contribution is 2.23. The number of hydrogen-bond donors (Lipinski definition) is 1. The number of halogens is 3. The van der Waals surface area contributed by atoms with Crippen molar-refractivity contribution >= 4 is 12.4 Å². The molecule has 0 unspecified atom stereocenters. The Kier molecular flexibility index (Phi) is 6.82. The minimum Gasteiger partial charge on any atom is -0.317 e. The third-order valence-electron chi connectivity index (χ3n) is 5.09. The molecule has 0 saturated carbocycles. The highest BCUT2D eigenvalue weighted by Gasteiger charge is 2.24. The second-order valence-electron chi connectivity index (χ2n) is 7.17. The van der Waals surface area contributed by atoms with Gasteiger partial charge in [-0.05, 0) is 49.2 Å². The smallest absolute Gasteiger partial charge is 0.317 e. The molecule has 5 nitrogen and oxygen atoms in total. The molecule has 1 aromatic heterocycles. The van der Waals surface area contributed by atoms with Crippen LogP contribution in [0.1, 0.15) is 35.7 Å². The zero-order valence-corrected chi connectivity index (χ0v) is 16.7. The van der Waals surface area contributed by atoms with Crippen LogP contribution in [0.15, 0.2) is 53.3 Å². The van der Waals surface area contributed by atoms with Crippen LogP contribution in [0.4, 0.5) is 8.78 Å². The lowest BCUT2D eigenvalue weighted by Crippen LogP contribution is -2.30. The summed E-state index contributed by atoms with van der Waals surface area (Å²) in [6.07, 6.45) is 1.81. The fraction of sp³-hybridized carbons (Fsp3) is 0.333. The van der Waals surface area contributed by atoms with Crippen LogP contribution >= 0.6 is 12.4 Å². The average molecular weight is 421 g/mol. The molecule has 0 aliphatic carbocycles. The number of piperidine rings is 1. The van der Waals surface area contributed by atoms with Gasteiger partial charge in [0.2, 0.25) is 0 Å². The van der Waals surface area contributed by atoms with Crippen LogP contribution in [0.3, 0.4) is 0 Å². The van der Waals surface area contributed by atoms with Gasteiger partial charge in [0.05, 0.1) is 13.1 Å². The van der Waals surface area contributed by atoms with E-state index >= 15 is 0 Å². The molecule has 2 heterocycles. The lowest BCUT2D eigenvalue weighted by atomic mass is 9.97. The lowest BCUT2D eigenvalue weighted by molar-refractivity contribution is 0.430. The third kappa shape index (κ3) is 4.92. The molecule has 8 heteroatoms. The summed E-state index contributed by atoms with van der Waals surface area (Å²) in [6.45, 7) is 2.22. The van der Waals surface area contributed by atoms with E-state index in [-0.39, 0.29) is 30.6 Å². The molecule has 154 valence electrons. The predicted molar refractivity (Wildman–Crippen MR) is 110 cm³/mol. The average Bonchev–Trinajstić information content (AvgIpc) is 2.98. The second kappa shape index (κ2) is 9.33. The quantitative estimate of drug-likeness (QED) is 0.689. The van der Waals surface area contributed by atoms with Gasteiger partial charge in [-0.25, -0.2) is 18.3 Å². The number of nitrogens with one attached hydrogen (secondary N) is 1. The number of aromatic nitrogens is 3. The van der Waals surface area contributed by atoms with Crippen LogP contribution in [-0.2, 0) is 13.1 Å². The normalized spacial score (nSPS) is 14.6. The van der Waals surface area contributed by atoms with Gasteiger partial charge in [-0.1, -0.05) is 30.3 Å². The van der Waals surface area contributed by atoms with Crippen LogP contribution in [0.5, 0.6) is 0 Å². The Hall–Kier alpha value is -2.51. The van der Waals surface area contributed by atoms with E-state index in [4.69, 9.17) is 0 Å². The van der Waals surface area contributed by atoms with Gasteiger partial charge in [0.15, 0.2) is 0 Å². The Morgan fingerprint density at radius 2 is 1.62 bits per heavy atom. The summed E-state index contributed by atoms with van der Waals surface area (Å²) in [5.74, 6) is -0.397. The first kappa shape index (κ1) is 21.2.